The first-order chi connectivity index (χ1) is 12.4. The van der Waals surface area contributed by atoms with Crippen molar-refractivity contribution in [1.29, 1.82) is 0 Å². The molecule has 0 radical (unpaired) electrons. The average Bonchev–Trinajstić information content (AvgIpc) is 2.62. The quantitative estimate of drug-likeness (QED) is 0.815. The maximum Gasteiger partial charge on any atom is 0.243 e. The summed E-state index contributed by atoms with van der Waals surface area (Å²) in [7, 11) is -1.56. The molecule has 0 bridgehead atoms. The topological polar surface area (TPSA) is 95.7 Å². The Morgan fingerprint density at radius 2 is 1.92 bits per heavy atom. The van der Waals surface area contributed by atoms with Gasteiger partial charge in [-0.15, -0.1) is 0 Å². The third-order valence-corrected chi connectivity index (χ3v) is 7.18. The molecular weight excluding hydrogens is 352 g/mol. The molecule has 3 rings (SSSR count). The molecule has 2 aliphatic rings. The zero-order valence-electron chi connectivity index (χ0n) is 15.2. The second kappa shape index (κ2) is 8.04. The van der Waals surface area contributed by atoms with E-state index in [9.17, 15) is 13.2 Å². The minimum absolute atomic E-state index is 0.0726. The summed E-state index contributed by atoms with van der Waals surface area (Å²) in [5, 5.41) is 2.87. The number of amides is 1. The van der Waals surface area contributed by atoms with E-state index in [0.29, 0.717) is 25.2 Å². The molecule has 7 nitrogen and oxygen atoms in total. The lowest BCUT2D eigenvalue weighted by Crippen LogP contribution is -2.47. The fourth-order valence-corrected chi connectivity index (χ4v) is 5.09. The molecule has 8 heteroatoms. The van der Waals surface area contributed by atoms with E-state index in [2.05, 4.69) is 10.2 Å². The third kappa shape index (κ3) is 4.43. The highest BCUT2D eigenvalue weighted by molar-refractivity contribution is 7.89. The van der Waals surface area contributed by atoms with E-state index >= 15 is 0 Å². The van der Waals surface area contributed by atoms with Gasteiger partial charge in [0.1, 0.15) is 0 Å². The number of hydrogen-bond acceptors (Lipinski definition) is 5. The lowest BCUT2D eigenvalue weighted by atomic mass is 9.85. The maximum absolute atomic E-state index is 12.9. The molecule has 1 aromatic rings. The van der Waals surface area contributed by atoms with Crippen molar-refractivity contribution in [2.24, 2.45) is 11.7 Å². The van der Waals surface area contributed by atoms with Crippen molar-refractivity contribution in [2.75, 3.05) is 38.5 Å². The Morgan fingerprint density at radius 1 is 1.19 bits per heavy atom. The van der Waals surface area contributed by atoms with Crippen molar-refractivity contribution >= 4 is 21.6 Å². The maximum atomic E-state index is 12.9. The van der Waals surface area contributed by atoms with Crippen LogP contribution in [-0.4, -0.2) is 62.8 Å². The van der Waals surface area contributed by atoms with Crippen LogP contribution in [0.3, 0.4) is 0 Å². The van der Waals surface area contributed by atoms with Gasteiger partial charge >= 0.3 is 0 Å². The molecule has 26 heavy (non-hydrogen) atoms. The van der Waals surface area contributed by atoms with Crippen molar-refractivity contribution in [1.82, 2.24) is 9.21 Å². The van der Waals surface area contributed by atoms with E-state index in [1.807, 2.05) is 7.05 Å². The van der Waals surface area contributed by atoms with Crippen LogP contribution in [0.4, 0.5) is 5.69 Å². The Labute approximate surface area is 155 Å². The number of hydrogen-bond donors (Lipinski definition) is 2. The first-order valence-corrected chi connectivity index (χ1v) is 10.7. The van der Waals surface area contributed by atoms with Gasteiger partial charge in [0.05, 0.1) is 4.90 Å². The van der Waals surface area contributed by atoms with Gasteiger partial charge in [0.25, 0.3) is 0 Å². The summed E-state index contributed by atoms with van der Waals surface area (Å²) in [5.41, 5.74) is 6.48. The lowest BCUT2D eigenvalue weighted by molar-refractivity contribution is -0.120. The Morgan fingerprint density at radius 3 is 2.62 bits per heavy atom. The average molecular weight is 381 g/mol. The van der Waals surface area contributed by atoms with Crippen LogP contribution in [0.25, 0.3) is 0 Å². The van der Waals surface area contributed by atoms with Crippen LogP contribution in [-0.2, 0) is 14.8 Å². The number of carbonyl (C=O) groups is 1. The molecule has 1 amide bonds. The zero-order chi connectivity index (χ0) is 18.7. The number of nitrogens with one attached hydrogen (secondary N) is 1. The van der Waals surface area contributed by atoms with Crippen LogP contribution in [0.1, 0.15) is 25.7 Å². The highest BCUT2D eigenvalue weighted by Gasteiger charge is 2.28. The monoisotopic (exact) mass is 380 g/mol. The number of piperazine rings is 1. The summed E-state index contributed by atoms with van der Waals surface area (Å²) in [6.07, 6.45) is 3.43. The van der Waals surface area contributed by atoms with Crippen molar-refractivity contribution in [3.8, 4) is 0 Å². The van der Waals surface area contributed by atoms with E-state index in [-0.39, 0.29) is 22.8 Å². The van der Waals surface area contributed by atoms with Crippen LogP contribution in [0.5, 0.6) is 0 Å². The van der Waals surface area contributed by atoms with Gasteiger partial charge < -0.3 is 16.0 Å². The van der Waals surface area contributed by atoms with E-state index < -0.39 is 10.0 Å². The van der Waals surface area contributed by atoms with Gasteiger partial charge in [-0.25, -0.2) is 8.42 Å². The standard InChI is InChI=1S/C18H28N4O3S/c1-21-8-10-22(11-9-21)26(24,25)17-7-3-6-16(13-17)20-18(23)14-4-2-5-15(19)12-14/h3,6-7,13-15H,2,4-5,8-12,19H2,1H3,(H,20,23). The minimum atomic E-state index is -3.54. The Hall–Kier alpha value is -1.48. The molecule has 2 fully saturated rings. The van der Waals surface area contributed by atoms with Gasteiger partial charge in [0.2, 0.25) is 15.9 Å². The number of likely N-dealkylation sites (N-methyl/N-ethyl adjacent to an activating group) is 1. The van der Waals surface area contributed by atoms with Crippen molar-refractivity contribution < 1.29 is 13.2 Å². The highest BCUT2D eigenvalue weighted by Crippen LogP contribution is 2.26. The fraction of sp³-hybridized carbons (Fsp3) is 0.611. The fourth-order valence-electron chi connectivity index (χ4n) is 3.62. The molecule has 1 aromatic carbocycles. The lowest BCUT2D eigenvalue weighted by Gasteiger charge is -2.31. The summed E-state index contributed by atoms with van der Waals surface area (Å²) in [4.78, 5) is 14.8. The Balaban J connectivity index is 1.70. The number of sulfonamides is 1. The van der Waals surface area contributed by atoms with Gasteiger partial charge in [-0.1, -0.05) is 12.5 Å². The van der Waals surface area contributed by atoms with Crippen LogP contribution < -0.4 is 11.1 Å². The Kier molecular flexibility index (Phi) is 5.96. The number of rotatable bonds is 4. The van der Waals surface area contributed by atoms with E-state index in [1.54, 1.807) is 24.3 Å². The molecular formula is C18H28N4O3S. The van der Waals surface area contributed by atoms with Crippen LogP contribution >= 0.6 is 0 Å². The van der Waals surface area contributed by atoms with Gasteiger partial charge in [-0.05, 0) is 44.5 Å². The molecule has 1 saturated carbocycles. The molecule has 144 valence electrons. The predicted octanol–water partition coefficient (Wildman–Crippen LogP) is 1.08. The summed E-state index contributed by atoms with van der Waals surface area (Å²) >= 11 is 0. The van der Waals surface area contributed by atoms with E-state index in [0.717, 1.165) is 32.4 Å². The van der Waals surface area contributed by atoms with Gasteiger partial charge in [0.15, 0.2) is 0 Å². The first-order valence-electron chi connectivity index (χ1n) is 9.21. The smallest absolute Gasteiger partial charge is 0.243 e. The SMILES string of the molecule is CN1CCN(S(=O)(=O)c2cccc(NC(=O)C3CCCC(N)C3)c2)CC1. The van der Waals surface area contributed by atoms with Crippen molar-refractivity contribution in [2.45, 2.75) is 36.6 Å². The van der Waals surface area contributed by atoms with Crippen LogP contribution in [0.15, 0.2) is 29.2 Å². The zero-order valence-corrected chi connectivity index (χ0v) is 16.0. The third-order valence-electron chi connectivity index (χ3n) is 5.29. The van der Waals surface area contributed by atoms with Gasteiger partial charge in [-0.3, -0.25) is 4.79 Å². The van der Waals surface area contributed by atoms with Crippen molar-refractivity contribution in [3.63, 3.8) is 0 Å². The molecule has 1 heterocycles. The normalized spacial score (nSPS) is 25.8. The number of nitrogens with zero attached hydrogens (tertiary/aromatic N) is 2. The first kappa shape index (κ1) is 19.3. The number of nitrogens with two attached hydrogens (primary N) is 1. The molecule has 0 aromatic heterocycles. The molecule has 1 aliphatic heterocycles. The van der Waals surface area contributed by atoms with Gasteiger partial charge in [0, 0.05) is 43.8 Å². The molecule has 2 unspecified atom stereocenters. The predicted molar refractivity (Wildman–Crippen MR) is 101 cm³/mol. The molecule has 3 N–H and O–H groups in total. The van der Waals surface area contributed by atoms with E-state index in [4.69, 9.17) is 5.73 Å². The van der Waals surface area contributed by atoms with E-state index in [1.165, 1.54) is 4.31 Å². The van der Waals surface area contributed by atoms with Gasteiger partial charge in [-0.2, -0.15) is 4.31 Å². The summed E-state index contributed by atoms with van der Waals surface area (Å²) in [6.45, 7) is 2.40. The summed E-state index contributed by atoms with van der Waals surface area (Å²) < 4.78 is 27.2. The molecule has 0 spiro atoms. The second-order valence-corrected chi connectivity index (χ2v) is 9.29. The second-order valence-electron chi connectivity index (χ2n) is 7.35. The molecule has 1 saturated heterocycles. The minimum Gasteiger partial charge on any atom is -0.328 e. The summed E-state index contributed by atoms with van der Waals surface area (Å²) in [6, 6.07) is 6.60. The number of anilines is 1. The highest BCUT2D eigenvalue weighted by atomic mass is 32.2. The Bertz CT molecular complexity index is 745. The number of carbonyl (C=O) groups excluding carboxylic acids is 1. The van der Waals surface area contributed by atoms with Crippen molar-refractivity contribution in [3.05, 3.63) is 24.3 Å². The molecule has 1 aliphatic carbocycles. The van der Waals surface area contributed by atoms with Crippen LogP contribution in [0, 0.1) is 5.92 Å². The largest absolute Gasteiger partial charge is 0.328 e. The molecule has 2 atom stereocenters. The number of benzene rings is 1. The summed E-state index contributed by atoms with van der Waals surface area (Å²) in [5.74, 6) is -0.175. The van der Waals surface area contributed by atoms with Crippen LogP contribution in [0.2, 0.25) is 0 Å².